The quantitative estimate of drug-likeness (QED) is 0.333. The highest BCUT2D eigenvalue weighted by Gasteiger charge is 2.32. The molecule has 2 amide bonds. The Balaban J connectivity index is 0.00000280. The van der Waals surface area contributed by atoms with Gasteiger partial charge in [0.25, 0.3) is 0 Å². The van der Waals surface area contributed by atoms with Crippen LogP contribution < -0.4 is 5.32 Å². The van der Waals surface area contributed by atoms with Crippen LogP contribution in [0.3, 0.4) is 0 Å². The largest absolute Gasteiger partial charge is 0.353 e. The Morgan fingerprint density at radius 1 is 1.04 bits per heavy atom. The molecular weight excluding hydrogens is 471 g/mol. The molecule has 2 saturated heterocycles. The van der Waals surface area contributed by atoms with E-state index in [4.69, 9.17) is 0 Å². The number of nitrogens with zero attached hydrogens (tertiary/aromatic N) is 5. The number of guanidine groups is 1. The molecule has 28 heavy (non-hydrogen) atoms. The number of likely N-dealkylation sites (N-methyl/N-ethyl adjacent to an activating group) is 1. The molecule has 2 heterocycles. The van der Waals surface area contributed by atoms with Crippen molar-refractivity contribution in [3.63, 3.8) is 0 Å². The number of hydrogen-bond donors (Lipinski definition) is 1. The van der Waals surface area contributed by atoms with Gasteiger partial charge in [0.05, 0.1) is 6.04 Å². The van der Waals surface area contributed by atoms with Gasteiger partial charge < -0.3 is 20.0 Å². The van der Waals surface area contributed by atoms with Gasteiger partial charge in [-0.1, -0.05) is 0 Å². The molecule has 1 aliphatic carbocycles. The first kappa shape index (κ1) is 23.2. The van der Waals surface area contributed by atoms with Crippen LogP contribution in [0.5, 0.6) is 0 Å². The summed E-state index contributed by atoms with van der Waals surface area (Å²) in [5.41, 5.74) is 0. The van der Waals surface area contributed by atoms with Crippen LogP contribution in [-0.4, -0.2) is 109 Å². The van der Waals surface area contributed by atoms with E-state index >= 15 is 0 Å². The molecular formula is C19H35IN6O2. The van der Waals surface area contributed by atoms with Gasteiger partial charge in [-0.25, -0.2) is 4.99 Å². The van der Waals surface area contributed by atoms with E-state index in [1.165, 1.54) is 12.8 Å². The zero-order chi connectivity index (χ0) is 19.4. The molecule has 3 rings (SSSR count). The van der Waals surface area contributed by atoms with Crippen molar-refractivity contribution in [2.75, 3.05) is 59.9 Å². The molecule has 3 fully saturated rings. The molecule has 2 aliphatic heterocycles. The van der Waals surface area contributed by atoms with Crippen molar-refractivity contribution in [1.29, 1.82) is 0 Å². The standard InChI is InChI=1S/C19H34N6O2.HI/c1-15(18(27)24-8-4-5-9-24)23-10-12-25(13-11-23)19(21-16-6-7-16)20-14-17(26)22(2)3;/h15-16H,4-14H2,1-3H3,(H,20,21);1H. The lowest BCUT2D eigenvalue weighted by Gasteiger charge is -2.39. The normalized spacial score (nSPS) is 21.9. The fourth-order valence-corrected chi connectivity index (χ4v) is 3.61. The molecule has 0 aromatic rings. The number of nitrogens with one attached hydrogen (secondary N) is 1. The van der Waals surface area contributed by atoms with Crippen molar-refractivity contribution in [2.24, 2.45) is 4.99 Å². The molecule has 3 aliphatic rings. The van der Waals surface area contributed by atoms with Crippen molar-refractivity contribution in [3.8, 4) is 0 Å². The Bertz CT molecular complexity index is 567. The van der Waals surface area contributed by atoms with Gasteiger partial charge in [0, 0.05) is 59.4 Å². The van der Waals surface area contributed by atoms with Gasteiger partial charge >= 0.3 is 0 Å². The van der Waals surface area contributed by atoms with E-state index in [1.54, 1.807) is 19.0 Å². The minimum Gasteiger partial charge on any atom is -0.353 e. The SMILES string of the molecule is CC(C(=O)N1CCCC1)N1CCN(C(=NCC(=O)N(C)C)NC2CC2)CC1.I. The predicted molar refractivity (Wildman–Crippen MR) is 121 cm³/mol. The summed E-state index contributed by atoms with van der Waals surface area (Å²) in [7, 11) is 3.51. The number of carbonyl (C=O) groups excluding carboxylic acids is 2. The summed E-state index contributed by atoms with van der Waals surface area (Å²) in [6.45, 7) is 7.35. The van der Waals surface area contributed by atoms with Gasteiger partial charge in [-0.2, -0.15) is 0 Å². The van der Waals surface area contributed by atoms with Crippen molar-refractivity contribution in [3.05, 3.63) is 0 Å². The zero-order valence-electron chi connectivity index (χ0n) is 17.4. The van der Waals surface area contributed by atoms with Crippen LogP contribution in [-0.2, 0) is 9.59 Å². The van der Waals surface area contributed by atoms with Gasteiger partial charge in [-0.3, -0.25) is 14.5 Å². The van der Waals surface area contributed by atoms with E-state index in [1.807, 2.05) is 11.8 Å². The lowest BCUT2D eigenvalue weighted by molar-refractivity contribution is -0.135. The molecule has 0 bridgehead atoms. The van der Waals surface area contributed by atoms with Crippen LogP contribution in [0, 0.1) is 0 Å². The molecule has 1 saturated carbocycles. The van der Waals surface area contributed by atoms with Crippen molar-refractivity contribution >= 4 is 41.8 Å². The Labute approximate surface area is 185 Å². The van der Waals surface area contributed by atoms with Crippen LogP contribution >= 0.6 is 24.0 Å². The average molecular weight is 506 g/mol. The second kappa shape index (κ2) is 10.6. The topological polar surface area (TPSA) is 71.5 Å². The Morgan fingerprint density at radius 2 is 1.64 bits per heavy atom. The minimum absolute atomic E-state index is 0. The molecule has 1 unspecified atom stereocenters. The molecule has 0 spiro atoms. The van der Waals surface area contributed by atoms with Crippen molar-refractivity contribution < 1.29 is 9.59 Å². The van der Waals surface area contributed by atoms with E-state index < -0.39 is 0 Å². The summed E-state index contributed by atoms with van der Waals surface area (Å²) >= 11 is 0. The zero-order valence-corrected chi connectivity index (χ0v) is 19.7. The van der Waals surface area contributed by atoms with Crippen LogP contribution in [0.4, 0.5) is 0 Å². The Kier molecular flexibility index (Phi) is 8.79. The summed E-state index contributed by atoms with van der Waals surface area (Å²) in [6, 6.07) is 0.434. The maximum atomic E-state index is 12.6. The van der Waals surface area contributed by atoms with E-state index in [0.29, 0.717) is 6.04 Å². The highest BCUT2D eigenvalue weighted by Crippen LogP contribution is 2.20. The van der Waals surface area contributed by atoms with Crippen LogP contribution in [0.1, 0.15) is 32.6 Å². The Hall–Kier alpha value is -1.10. The summed E-state index contributed by atoms with van der Waals surface area (Å²) in [6.07, 6.45) is 4.60. The van der Waals surface area contributed by atoms with E-state index in [0.717, 1.165) is 58.1 Å². The number of piperazine rings is 1. The second-order valence-corrected chi connectivity index (χ2v) is 8.08. The first-order chi connectivity index (χ1) is 13.0. The van der Waals surface area contributed by atoms with Gasteiger partial charge in [0.15, 0.2) is 5.96 Å². The molecule has 160 valence electrons. The maximum absolute atomic E-state index is 12.6. The molecule has 0 aromatic carbocycles. The molecule has 8 nitrogen and oxygen atoms in total. The number of halogens is 1. The van der Waals surface area contributed by atoms with E-state index in [-0.39, 0.29) is 48.4 Å². The lowest BCUT2D eigenvalue weighted by Crippen LogP contribution is -2.57. The highest BCUT2D eigenvalue weighted by molar-refractivity contribution is 14.0. The number of aliphatic imine (C=N–C) groups is 1. The minimum atomic E-state index is -0.0580. The second-order valence-electron chi connectivity index (χ2n) is 8.08. The van der Waals surface area contributed by atoms with E-state index in [2.05, 4.69) is 20.1 Å². The third-order valence-corrected chi connectivity index (χ3v) is 5.71. The summed E-state index contributed by atoms with van der Waals surface area (Å²) in [5.74, 6) is 1.11. The molecule has 1 atom stereocenters. The maximum Gasteiger partial charge on any atom is 0.243 e. The molecule has 0 radical (unpaired) electrons. The van der Waals surface area contributed by atoms with Gasteiger partial charge in [0.1, 0.15) is 6.54 Å². The third-order valence-electron chi connectivity index (χ3n) is 5.71. The number of likely N-dealkylation sites (tertiary alicyclic amines) is 1. The van der Waals surface area contributed by atoms with Gasteiger partial charge in [-0.05, 0) is 32.6 Å². The fourth-order valence-electron chi connectivity index (χ4n) is 3.61. The monoisotopic (exact) mass is 506 g/mol. The molecule has 0 aromatic heterocycles. The summed E-state index contributed by atoms with van der Waals surface area (Å²) in [4.78, 5) is 37.2. The van der Waals surface area contributed by atoms with E-state index in [9.17, 15) is 9.59 Å². The third kappa shape index (κ3) is 6.20. The van der Waals surface area contributed by atoms with Crippen LogP contribution in [0.25, 0.3) is 0 Å². The predicted octanol–water partition coefficient (Wildman–Crippen LogP) is 0.429. The first-order valence-electron chi connectivity index (χ1n) is 10.2. The van der Waals surface area contributed by atoms with Crippen molar-refractivity contribution in [1.82, 2.24) is 24.9 Å². The van der Waals surface area contributed by atoms with Gasteiger partial charge in [0.2, 0.25) is 11.8 Å². The number of carbonyl (C=O) groups is 2. The number of amides is 2. The molecule has 9 heteroatoms. The molecule has 1 N–H and O–H groups in total. The number of rotatable bonds is 5. The fraction of sp³-hybridized carbons (Fsp3) is 0.842. The summed E-state index contributed by atoms with van der Waals surface area (Å²) in [5, 5.41) is 3.48. The lowest BCUT2D eigenvalue weighted by atomic mass is 10.2. The average Bonchev–Trinajstić information content (AvgIpc) is 3.32. The Morgan fingerprint density at radius 3 is 2.18 bits per heavy atom. The van der Waals surface area contributed by atoms with Gasteiger partial charge in [-0.15, -0.1) is 24.0 Å². The summed E-state index contributed by atoms with van der Waals surface area (Å²) < 4.78 is 0. The van der Waals surface area contributed by atoms with Crippen LogP contribution in [0.2, 0.25) is 0 Å². The first-order valence-corrected chi connectivity index (χ1v) is 10.2. The highest BCUT2D eigenvalue weighted by atomic mass is 127. The van der Waals surface area contributed by atoms with Crippen molar-refractivity contribution in [2.45, 2.75) is 44.7 Å². The smallest absolute Gasteiger partial charge is 0.243 e. The number of hydrogen-bond acceptors (Lipinski definition) is 4. The van der Waals surface area contributed by atoms with Crippen LogP contribution in [0.15, 0.2) is 4.99 Å².